The van der Waals surface area contributed by atoms with Crippen LogP contribution in [0.3, 0.4) is 0 Å². The van der Waals surface area contributed by atoms with Crippen LogP contribution in [0, 0.1) is 5.82 Å². The van der Waals surface area contributed by atoms with Gasteiger partial charge in [-0.2, -0.15) is 0 Å². The Balaban J connectivity index is 1.93. The molecule has 2 aromatic rings. The smallest absolute Gasteiger partial charge is 0.239 e. The number of halogens is 1. The Morgan fingerprint density at radius 2 is 1.63 bits per heavy atom. The third-order valence-corrected chi connectivity index (χ3v) is 4.61. The molecule has 0 aliphatic carbocycles. The van der Waals surface area contributed by atoms with E-state index in [0.29, 0.717) is 11.1 Å². The van der Waals surface area contributed by atoms with Crippen molar-refractivity contribution in [3.63, 3.8) is 0 Å². The maximum absolute atomic E-state index is 13.7. The van der Waals surface area contributed by atoms with Gasteiger partial charge in [0.15, 0.2) is 0 Å². The molecule has 0 aliphatic rings. The van der Waals surface area contributed by atoms with Crippen LogP contribution in [0.2, 0.25) is 0 Å². The van der Waals surface area contributed by atoms with Gasteiger partial charge in [0.25, 0.3) is 0 Å². The Labute approximate surface area is 175 Å². The summed E-state index contributed by atoms with van der Waals surface area (Å²) in [6.45, 7) is -0.102. The molecule has 0 aromatic heterocycles. The molecular formula is C22H27FN4O3. The number of carbonyl (C=O) groups excluding carboxylic acids is 3. The molecule has 2 rings (SSSR count). The lowest BCUT2D eigenvalue weighted by molar-refractivity contribution is -0.127. The van der Waals surface area contributed by atoms with Gasteiger partial charge in [0, 0.05) is 26.1 Å². The van der Waals surface area contributed by atoms with Crippen molar-refractivity contribution in [2.24, 2.45) is 5.73 Å². The molecule has 0 bridgehead atoms. The average Bonchev–Trinajstić information content (AvgIpc) is 2.74. The van der Waals surface area contributed by atoms with Gasteiger partial charge in [0.2, 0.25) is 17.7 Å². The lowest BCUT2D eigenvalue weighted by atomic mass is 9.97. The summed E-state index contributed by atoms with van der Waals surface area (Å²) >= 11 is 0. The first-order chi connectivity index (χ1) is 14.4. The van der Waals surface area contributed by atoms with E-state index in [1.807, 2.05) is 6.07 Å². The van der Waals surface area contributed by atoms with E-state index in [2.05, 4.69) is 16.0 Å². The number of benzene rings is 2. The third kappa shape index (κ3) is 7.29. The maximum atomic E-state index is 13.7. The minimum absolute atomic E-state index is 0.00426. The fourth-order valence-corrected chi connectivity index (χ4v) is 2.97. The van der Waals surface area contributed by atoms with Crippen molar-refractivity contribution in [1.82, 2.24) is 16.0 Å². The molecule has 5 N–H and O–H groups in total. The van der Waals surface area contributed by atoms with Crippen molar-refractivity contribution in [3.05, 3.63) is 71.5 Å². The number of nitrogens with one attached hydrogen (secondary N) is 3. The maximum Gasteiger partial charge on any atom is 0.239 e. The van der Waals surface area contributed by atoms with E-state index in [9.17, 15) is 18.8 Å². The van der Waals surface area contributed by atoms with Gasteiger partial charge in [-0.15, -0.1) is 0 Å². The minimum Gasteiger partial charge on any atom is -0.358 e. The lowest BCUT2D eigenvalue weighted by Crippen LogP contribution is -2.42. The summed E-state index contributed by atoms with van der Waals surface area (Å²) in [6, 6.07) is 14.7. The summed E-state index contributed by atoms with van der Waals surface area (Å²) in [6.07, 6.45) is 0.227. The van der Waals surface area contributed by atoms with Crippen molar-refractivity contribution in [2.75, 3.05) is 20.1 Å². The second kappa shape index (κ2) is 11.7. The first kappa shape index (κ1) is 23.0. The summed E-state index contributed by atoms with van der Waals surface area (Å²) < 4.78 is 13.7. The van der Waals surface area contributed by atoms with Crippen LogP contribution in [0.25, 0.3) is 0 Å². The van der Waals surface area contributed by atoms with Gasteiger partial charge in [-0.05, 0) is 23.6 Å². The van der Waals surface area contributed by atoms with E-state index < -0.39 is 12.0 Å². The molecule has 0 fully saturated rings. The van der Waals surface area contributed by atoms with Gasteiger partial charge < -0.3 is 21.7 Å². The fourth-order valence-electron chi connectivity index (χ4n) is 2.97. The number of hydrogen-bond acceptors (Lipinski definition) is 4. The monoisotopic (exact) mass is 414 g/mol. The normalized spacial score (nSPS) is 12.5. The van der Waals surface area contributed by atoms with Gasteiger partial charge in [-0.25, -0.2) is 4.39 Å². The van der Waals surface area contributed by atoms with Crippen LogP contribution in [-0.2, 0) is 20.8 Å². The molecule has 8 heteroatoms. The zero-order valence-corrected chi connectivity index (χ0v) is 16.9. The molecule has 0 saturated carbocycles. The van der Waals surface area contributed by atoms with E-state index >= 15 is 0 Å². The predicted molar refractivity (Wildman–Crippen MR) is 112 cm³/mol. The SMILES string of the molecule is CNC(=O)CNC(=O)C(CNC(=O)C[C@H](N)Cc1ccccc1F)c1ccccc1. The average molecular weight is 414 g/mol. The Kier molecular flexibility index (Phi) is 8.96. The van der Waals surface area contributed by atoms with E-state index in [0.717, 1.165) is 0 Å². The standard InChI is InChI=1S/C22H27FN4O3/c1-25-21(29)14-27-22(30)18(15-7-3-2-4-8-15)13-26-20(28)12-17(24)11-16-9-5-6-10-19(16)23/h2-10,17-18H,11-14,24H2,1H3,(H,25,29)(H,26,28)(H,27,30)/t17-,18?/m1/s1. The Hall–Kier alpha value is -3.26. The summed E-state index contributed by atoms with van der Waals surface area (Å²) in [5.41, 5.74) is 7.16. The molecule has 1 unspecified atom stereocenters. The highest BCUT2D eigenvalue weighted by Gasteiger charge is 2.22. The summed E-state index contributed by atoms with van der Waals surface area (Å²) in [5, 5.41) is 7.72. The van der Waals surface area contributed by atoms with Crippen molar-refractivity contribution in [1.29, 1.82) is 0 Å². The molecule has 2 atom stereocenters. The number of nitrogens with two attached hydrogens (primary N) is 1. The highest BCUT2D eigenvalue weighted by molar-refractivity contribution is 5.89. The summed E-state index contributed by atoms with van der Waals surface area (Å²) in [4.78, 5) is 36.3. The third-order valence-electron chi connectivity index (χ3n) is 4.61. The molecule has 30 heavy (non-hydrogen) atoms. The highest BCUT2D eigenvalue weighted by Crippen LogP contribution is 2.15. The van der Waals surface area contributed by atoms with Crippen LogP contribution < -0.4 is 21.7 Å². The summed E-state index contributed by atoms with van der Waals surface area (Å²) in [5.74, 6) is -2.05. The number of likely N-dealkylation sites (N-methyl/N-ethyl adjacent to an activating group) is 1. The highest BCUT2D eigenvalue weighted by atomic mass is 19.1. The largest absolute Gasteiger partial charge is 0.358 e. The second-order valence-electron chi connectivity index (χ2n) is 6.92. The predicted octanol–water partition coefficient (Wildman–Crippen LogP) is 0.848. The number of amides is 3. The van der Waals surface area contributed by atoms with E-state index in [1.54, 1.807) is 42.5 Å². The number of hydrogen-bond donors (Lipinski definition) is 4. The first-order valence-electron chi connectivity index (χ1n) is 9.69. The molecule has 2 aromatic carbocycles. The Morgan fingerprint density at radius 3 is 2.30 bits per heavy atom. The van der Waals surface area contributed by atoms with Gasteiger partial charge in [0.05, 0.1) is 12.5 Å². The van der Waals surface area contributed by atoms with Crippen LogP contribution in [0.5, 0.6) is 0 Å². The molecule has 3 amide bonds. The van der Waals surface area contributed by atoms with Crippen LogP contribution in [0.4, 0.5) is 4.39 Å². The second-order valence-corrected chi connectivity index (χ2v) is 6.92. The van der Waals surface area contributed by atoms with Crippen LogP contribution >= 0.6 is 0 Å². The number of rotatable bonds is 10. The van der Waals surface area contributed by atoms with Crippen LogP contribution in [0.15, 0.2) is 54.6 Å². The molecule has 0 spiro atoms. The van der Waals surface area contributed by atoms with Gasteiger partial charge in [0.1, 0.15) is 5.82 Å². The molecule has 0 heterocycles. The van der Waals surface area contributed by atoms with Gasteiger partial charge >= 0.3 is 0 Å². The molecular weight excluding hydrogens is 387 g/mol. The van der Waals surface area contributed by atoms with E-state index in [1.165, 1.54) is 13.1 Å². The summed E-state index contributed by atoms with van der Waals surface area (Å²) in [7, 11) is 1.48. The molecule has 0 aliphatic heterocycles. The lowest BCUT2D eigenvalue weighted by Gasteiger charge is -2.19. The fraction of sp³-hybridized carbons (Fsp3) is 0.318. The van der Waals surface area contributed by atoms with Gasteiger partial charge in [-0.1, -0.05) is 48.5 Å². The zero-order valence-electron chi connectivity index (χ0n) is 16.9. The molecule has 0 radical (unpaired) electrons. The quantitative estimate of drug-likeness (QED) is 0.462. The van der Waals surface area contributed by atoms with Crippen molar-refractivity contribution in [3.8, 4) is 0 Å². The number of carbonyl (C=O) groups is 3. The van der Waals surface area contributed by atoms with Gasteiger partial charge in [-0.3, -0.25) is 14.4 Å². The molecule has 160 valence electrons. The van der Waals surface area contributed by atoms with Crippen molar-refractivity contribution < 1.29 is 18.8 Å². The van der Waals surface area contributed by atoms with Crippen LogP contribution in [0.1, 0.15) is 23.5 Å². The van der Waals surface area contributed by atoms with Crippen molar-refractivity contribution in [2.45, 2.75) is 24.8 Å². The first-order valence-corrected chi connectivity index (χ1v) is 9.69. The van der Waals surface area contributed by atoms with Crippen molar-refractivity contribution >= 4 is 17.7 Å². The van der Waals surface area contributed by atoms with Crippen LogP contribution in [-0.4, -0.2) is 43.9 Å². The van der Waals surface area contributed by atoms with E-state index in [-0.39, 0.29) is 49.5 Å². The molecule has 7 nitrogen and oxygen atoms in total. The zero-order chi connectivity index (χ0) is 21.9. The topological polar surface area (TPSA) is 113 Å². The molecule has 0 saturated heterocycles. The Morgan fingerprint density at radius 1 is 0.967 bits per heavy atom. The Bertz CT molecular complexity index is 860. The van der Waals surface area contributed by atoms with E-state index in [4.69, 9.17) is 5.73 Å². The minimum atomic E-state index is -0.664.